The molecule has 2 N–H and O–H groups in total. The predicted molar refractivity (Wildman–Crippen MR) is 98.3 cm³/mol. The predicted octanol–water partition coefficient (Wildman–Crippen LogP) is 1.56. The van der Waals surface area contributed by atoms with Gasteiger partial charge in [0, 0.05) is 24.4 Å². The Morgan fingerprint density at radius 1 is 1.32 bits per heavy atom. The molecule has 0 radical (unpaired) electrons. The second-order valence-electron chi connectivity index (χ2n) is 6.01. The summed E-state index contributed by atoms with van der Waals surface area (Å²) < 4.78 is 12.3. The molecule has 3 rings (SSSR count). The Labute approximate surface area is 152 Å². The Morgan fingerprint density at radius 2 is 2.16 bits per heavy atom. The third-order valence-corrected chi connectivity index (χ3v) is 5.29. The van der Waals surface area contributed by atoms with Crippen molar-refractivity contribution in [3.8, 4) is 5.75 Å². The Hall–Kier alpha value is -1.77. The fraction of sp³-hybridized carbons (Fsp3) is 0.529. The molecule has 1 fully saturated rings. The zero-order valence-electron chi connectivity index (χ0n) is 14.6. The Bertz CT molecular complexity index is 673. The third-order valence-electron chi connectivity index (χ3n) is 4.29. The normalized spacial score (nSPS) is 15.4. The van der Waals surface area contributed by atoms with Gasteiger partial charge in [-0.1, -0.05) is 23.9 Å². The highest BCUT2D eigenvalue weighted by molar-refractivity contribution is 7.98. The van der Waals surface area contributed by atoms with Crippen molar-refractivity contribution in [3.05, 3.63) is 35.7 Å². The van der Waals surface area contributed by atoms with E-state index in [1.807, 2.05) is 6.07 Å². The van der Waals surface area contributed by atoms with Gasteiger partial charge in [-0.15, -0.1) is 10.2 Å². The molecule has 0 spiro atoms. The average Bonchev–Trinajstić information content (AvgIpc) is 3.06. The van der Waals surface area contributed by atoms with E-state index < -0.39 is 0 Å². The van der Waals surface area contributed by atoms with Crippen molar-refractivity contribution >= 4 is 11.8 Å². The lowest BCUT2D eigenvalue weighted by Gasteiger charge is -2.26. The summed E-state index contributed by atoms with van der Waals surface area (Å²) in [4.78, 5) is 2.47. The van der Waals surface area contributed by atoms with Crippen LogP contribution in [0, 0.1) is 0 Å². The summed E-state index contributed by atoms with van der Waals surface area (Å²) >= 11 is 1.55. The number of thioether (sulfide) groups is 1. The van der Waals surface area contributed by atoms with Crippen LogP contribution in [0.5, 0.6) is 5.75 Å². The number of ether oxygens (including phenoxy) is 2. The number of rotatable bonds is 8. The number of nitrogens with zero attached hydrogens (tertiary/aromatic N) is 4. The van der Waals surface area contributed by atoms with Crippen LogP contribution in [0.4, 0.5) is 0 Å². The van der Waals surface area contributed by atoms with E-state index in [0.29, 0.717) is 5.16 Å². The first-order chi connectivity index (χ1) is 12.3. The molecule has 7 nitrogen and oxygen atoms in total. The highest BCUT2D eigenvalue weighted by Gasteiger charge is 2.11. The van der Waals surface area contributed by atoms with Crippen molar-refractivity contribution in [2.45, 2.75) is 23.8 Å². The molecule has 0 saturated carbocycles. The monoisotopic (exact) mass is 363 g/mol. The van der Waals surface area contributed by atoms with Crippen LogP contribution in [0.1, 0.15) is 17.5 Å². The molecule has 1 aromatic carbocycles. The van der Waals surface area contributed by atoms with Crippen LogP contribution in [0.2, 0.25) is 0 Å². The van der Waals surface area contributed by atoms with Crippen molar-refractivity contribution in [1.82, 2.24) is 19.8 Å². The maximum atomic E-state index is 5.77. The first kappa shape index (κ1) is 18.0. The van der Waals surface area contributed by atoms with Gasteiger partial charge in [-0.05, 0) is 31.0 Å². The first-order valence-electron chi connectivity index (χ1n) is 8.50. The number of benzene rings is 1. The van der Waals surface area contributed by atoms with Crippen LogP contribution in [-0.2, 0) is 16.9 Å². The minimum absolute atomic E-state index is 0.694. The van der Waals surface area contributed by atoms with Gasteiger partial charge in [-0.25, -0.2) is 4.68 Å². The van der Waals surface area contributed by atoms with Gasteiger partial charge in [0.15, 0.2) is 0 Å². The molecule has 2 heterocycles. The molecule has 1 aliphatic heterocycles. The summed E-state index contributed by atoms with van der Waals surface area (Å²) in [5.41, 5.74) is 2.48. The minimum atomic E-state index is 0.694. The smallest absolute Gasteiger partial charge is 0.209 e. The van der Waals surface area contributed by atoms with Crippen molar-refractivity contribution < 1.29 is 9.47 Å². The highest BCUT2D eigenvalue weighted by atomic mass is 32.2. The van der Waals surface area contributed by atoms with Gasteiger partial charge >= 0.3 is 0 Å². The molecule has 1 aliphatic rings. The zero-order chi connectivity index (χ0) is 17.5. The summed E-state index contributed by atoms with van der Waals surface area (Å²) in [7, 11) is 1.70. The summed E-state index contributed by atoms with van der Waals surface area (Å²) in [5, 5.41) is 8.50. The molecule has 0 bridgehead atoms. The van der Waals surface area contributed by atoms with Crippen LogP contribution < -0.4 is 10.6 Å². The van der Waals surface area contributed by atoms with Crippen LogP contribution >= 0.6 is 11.8 Å². The SMILES string of the molecule is COc1ccc(CCCN2CCOCC2)cc1CSc1nncn1N. The van der Waals surface area contributed by atoms with E-state index >= 15 is 0 Å². The van der Waals surface area contributed by atoms with Gasteiger partial charge in [0.05, 0.1) is 20.3 Å². The number of aryl methyl sites for hydroxylation is 1. The van der Waals surface area contributed by atoms with Gasteiger partial charge in [0.2, 0.25) is 5.16 Å². The van der Waals surface area contributed by atoms with Crippen molar-refractivity contribution in [1.29, 1.82) is 0 Å². The number of nitrogen functional groups attached to an aromatic ring is 1. The third kappa shape index (κ3) is 5.10. The van der Waals surface area contributed by atoms with Crippen LogP contribution in [0.3, 0.4) is 0 Å². The van der Waals surface area contributed by atoms with Gasteiger partial charge in [-0.3, -0.25) is 4.90 Å². The van der Waals surface area contributed by atoms with E-state index in [2.05, 4.69) is 27.2 Å². The van der Waals surface area contributed by atoms with E-state index in [-0.39, 0.29) is 0 Å². The molecule has 1 aromatic heterocycles. The number of hydrogen-bond acceptors (Lipinski definition) is 7. The Kier molecular flexibility index (Phi) is 6.55. The standard InChI is InChI=1S/C17H25N5O2S/c1-23-16-5-4-14(3-2-6-21-7-9-24-10-8-21)11-15(16)12-25-17-20-19-13-22(17)18/h4-5,11,13H,2-3,6-10,12,18H2,1H3. The number of nitrogens with two attached hydrogens (primary N) is 1. The average molecular weight is 363 g/mol. The van der Waals surface area contributed by atoms with Gasteiger partial charge in [-0.2, -0.15) is 0 Å². The quantitative estimate of drug-likeness (QED) is 0.563. The van der Waals surface area contributed by atoms with Crippen molar-refractivity contribution in [3.63, 3.8) is 0 Å². The van der Waals surface area contributed by atoms with Crippen molar-refractivity contribution in [2.24, 2.45) is 0 Å². The molecule has 0 atom stereocenters. The Morgan fingerprint density at radius 3 is 2.88 bits per heavy atom. The fourth-order valence-electron chi connectivity index (χ4n) is 2.91. The maximum absolute atomic E-state index is 5.77. The van der Waals surface area contributed by atoms with Gasteiger partial charge < -0.3 is 15.3 Å². The van der Waals surface area contributed by atoms with E-state index in [0.717, 1.165) is 62.8 Å². The summed E-state index contributed by atoms with van der Waals surface area (Å²) in [6.45, 7) is 4.93. The molecule has 0 unspecified atom stereocenters. The summed E-state index contributed by atoms with van der Waals surface area (Å²) in [6, 6.07) is 6.42. The highest BCUT2D eigenvalue weighted by Crippen LogP contribution is 2.27. The van der Waals surface area contributed by atoms with E-state index in [1.165, 1.54) is 16.6 Å². The molecule has 0 aliphatic carbocycles. The van der Waals surface area contributed by atoms with E-state index in [4.69, 9.17) is 15.3 Å². The lowest BCUT2D eigenvalue weighted by Crippen LogP contribution is -2.36. The number of methoxy groups -OCH3 is 1. The molecular weight excluding hydrogens is 338 g/mol. The first-order valence-corrected chi connectivity index (χ1v) is 9.48. The van der Waals surface area contributed by atoms with Crippen LogP contribution in [0.15, 0.2) is 29.7 Å². The molecule has 8 heteroatoms. The molecule has 1 saturated heterocycles. The number of aromatic nitrogens is 3. The zero-order valence-corrected chi connectivity index (χ0v) is 15.4. The van der Waals surface area contributed by atoms with Crippen molar-refractivity contribution in [2.75, 3.05) is 45.8 Å². The second-order valence-corrected chi connectivity index (χ2v) is 6.96. The molecule has 0 amide bonds. The van der Waals surface area contributed by atoms with E-state index in [1.54, 1.807) is 18.9 Å². The maximum Gasteiger partial charge on any atom is 0.209 e. The summed E-state index contributed by atoms with van der Waals surface area (Å²) in [5.74, 6) is 7.41. The minimum Gasteiger partial charge on any atom is -0.496 e. The van der Waals surface area contributed by atoms with Crippen LogP contribution in [0.25, 0.3) is 0 Å². The number of hydrogen-bond donors (Lipinski definition) is 1. The largest absolute Gasteiger partial charge is 0.496 e. The second kappa shape index (κ2) is 9.07. The molecular formula is C17H25N5O2S. The van der Waals surface area contributed by atoms with Gasteiger partial charge in [0.25, 0.3) is 0 Å². The molecule has 2 aromatic rings. The topological polar surface area (TPSA) is 78.4 Å². The molecule has 25 heavy (non-hydrogen) atoms. The lowest BCUT2D eigenvalue weighted by atomic mass is 10.1. The van der Waals surface area contributed by atoms with Gasteiger partial charge in [0.1, 0.15) is 12.1 Å². The fourth-order valence-corrected chi connectivity index (χ4v) is 3.72. The summed E-state index contributed by atoms with van der Waals surface area (Å²) in [6.07, 6.45) is 3.71. The molecule has 136 valence electrons. The number of morpholine rings is 1. The Balaban J connectivity index is 1.56. The van der Waals surface area contributed by atoms with Crippen LogP contribution in [-0.4, -0.2) is 59.7 Å². The lowest BCUT2D eigenvalue weighted by molar-refractivity contribution is 0.0374. The van der Waals surface area contributed by atoms with E-state index in [9.17, 15) is 0 Å².